The minimum Gasteiger partial charge on any atom is -0.459 e. The largest absolute Gasteiger partial charge is 0.459 e. The van der Waals surface area contributed by atoms with Gasteiger partial charge < -0.3 is 15.1 Å². The Kier molecular flexibility index (Phi) is 5.52. The van der Waals surface area contributed by atoms with E-state index in [4.69, 9.17) is 4.42 Å². The van der Waals surface area contributed by atoms with E-state index in [1.807, 2.05) is 37.3 Å². The predicted octanol–water partition coefficient (Wildman–Crippen LogP) is 3.68. The van der Waals surface area contributed by atoms with Gasteiger partial charge in [-0.2, -0.15) is 0 Å². The van der Waals surface area contributed by atoms with Crippen LogP contribution < -0.4 is 10.6 Å². The van der Waals surface area contributed by atoms with Crippen molar-refractivity contribution in [1.82, 2.24) is 5.32 Å². The highest BCUT2D eigenvalue weighted by Crippen LogP contribution is 2.27. The van der Waals surface area contributed by atoms with Gasteiger partial charge in [0.2, 0.25) is 0 Å². The van der Waals surface area contributed by atoms with Crippen molar-refractivity contribution in [2.45, 2.75) is 6.92 Å². The van der Waals surface area contributed by atoms with Crippen molar-refractivity contribution in [3.05, 3.63) is 76.6 Å². The van der Waals surface area contributed by atoms with Crippen LogP contribution in [0.15, 0.2) is 59.2 Å². The van der Waals surface area contributed by atoms with Crippen LogP contribution in [-0.2, 0) is 0 Å². The highest BCUT2D eigenvalue weighted by molar-refractivity contribution is 7.18. The lowest BCUT2D eigenvalue weighted by Crippen LogP contribution is -2.23. The Morgan fingerprint density at radius 3 is 2.65 bits per heavy atom. The third-order valence-corrected chi connectivity index (χ3v) is 4.60. The van der Waals surface area contributed by atoms with E-state index in [1.165, 1.54) is 17.6 Å². The molecule has 0 spiro atoms. The molecule has 2 N–H and O–H groups in total. The summed E-state index contributed by atoms with van der Waals surface area (Å²) in [6.07, 6.45) is 1.43. The third kappa shape index (κ3) is 4.41. The second-order valence-electron chi connectivity index (χ2n) is 5.40. The molecular formula is C20H16N2O3S. The van der Waals surface area contributed by atoms with Crippen LogP contribution in [0.2, 0.25) is 0 Å². The van der Waals surface area contributed by atoms with Gasteiger partial charge in [0.1, 0.15) is 0 Å². The molecule has 0 aliphatic carbocycles. The fourth-order valence-electron chi connectivity index (χ4n) is 2.22. The zero-order valence-corrected chi connectivity index (χ0v) is 14.9. The maximum Gasteiger partial charge on any atom is 0.291 e. The van der Waals surface area contributed by atoms with Gasteiger partial charge >= 0.3 is 0 Å². The minimum atomic E-state index is -0.350. The van der Waals surface area contributed by atoms with Gasteiger partial charge in [-0.25, -0.2) is 0 Å². The van der Waals surface area contributed by atoms with Crippen LogP contribution in [0.5, 0.6) is 0 Å². The van der Waals surface area contributed by atoms with E-state index in [0.717, 1.165) is 11.1 Å². The van der Waals surface area contributed by atoms with E-state index in [1.54, 1.807) is 18.2 Å². The number of carbonyl (C=O) groups excluding carboxylic acids is 2. The first-order chi connectivity index (χ1) is 12.6. The summed E-state index contributed by atoms with van der Waals surface area (Å²) in [5.74, 6) is 5.56. The molecule has 0 fully saturated rings. The summed E-state index contributed by atoms with van der Waals surface area (Å²) in [5.41, 5.74) is 1.69. The molecule has 0 aliphatic rings. The van der Waals surface area contributed by atoms with Gasteiger partial charge in [0.25, 0.3) is 11.8 Å². The third-order valence-electron chi connectivity index (χ3n) is 3.45. The SMILES string of the molecule is Cc1cc(NC(=O)c2ccco2)sc1C(=O)NCC#Cc1ccccc1. The Hall–Kier alpha value is -3.30. The summed E-state index contributed by atoms with van der Waals surface area (Å²) in [4.78, 5) is 24.8. The number of carbonyl (C=O) groups is 2. The average molecular weight is 364 g/mol. The summed E-state index contributed by atoms with van der Waals surface area (Å²) in [7, 11) is 0. The first-order valence-corrected chi connectivity index (χ1v) is 8.72. The van der Waals surface area contributed by atoms with Crippen molar-refractivity contribution in [2.24, 2.45) is 0 Å². The molecule has 0 unspecified atom stereocenters. The Morgan fingerprint density at radius 2 is 1.92 bits per heavy atom. The van der Waals surface area contributed by atoms with Gasteiger partial charge in [0, 0.05) is 5.56 Å². The molecule has 0 aliphatic heterocycles. The highest BCUT2D eigenvalue weighted by atomic mass is 32.1. The van der Waals surface area contributed by atoms with E-state index in [-0.39, 0.29) is 24.1 Å². The van der Waals surface area contributed by atoms with E-state index in [0.29, 0.717) is 9.88 Å². The molecule has 26 heavy (non-hydrogen) atoms. The topological polar surface area (TPSA) is 71.3 Å². The summed E-state index contributed by atoms with van der Waals surface area (Å²) in [6, 6.07) is 14.5. The average Bonchev–Trinajstić information content (AvgIpc) is 3.29. The first-order valence-electron chi connectivity index (χ1n) is 7.91. The Balaban J connectivity index is 1.59. The molecule has 130 valence electrons. The van der Waals surface area contributed by atoms with Crippen molar-refractivity contribution < 1.29 is 14.0 Å². The fourth-order valence-corrected chi connectivity index (χ4v) is 3.21. The van der Waals surface area contributed by atoms with Crippen molar-refractivity contribution in [3.63, 3.8) is 0 Å². The predicted molar refractivity (Wildman–Crippen MR) is 101 cm³/mol. The number of amides is 2. The Labute approximate surface area is 155 Å². The second kappa shape index (κ2) is 8.19. The van der Waals surface area contributed by atoms with Gasteiger partial charge in [0.15, 0.2) is 5.76 Å². The number of aryl methyl sites for hydroxylation is 1. The van der Waals surface area contributed by atoms with Crippen LogP contribution in [0.1, 0.15) is 31.4 Å². The van der Waals surface area contributed by atoms with Gasteiger partial charge in [0.05, 0.1) is 22.7 Å². The maximum atomic E-state index is 12.3. The van der Waals surface area contributed by atoms with Crippen molar-refractivity contribution in [3.8, 4) is 11.8 Å². The first kappa shape index (κ1) is 17.5. The van der Waals surface area contributed by atoms with Crippen LogP contribution in [0.3, 0.4) is 0 Å². The fraction of sp³-hybridized carbons (Fsp3) is 0.100. The molecule has 2 aromatic heterocycles. The summed E-state index contributed by atoms with van der Waals surface area (Å²) in [6.45, 7) is 2.07. The molecule has 2 amide bonds. The number of anilines is 1. The second-order valence-corrected chi connectivity index (χ2v) is 6.46. The Morgan fingerprint density at radius 1 is 1.12 bits per heavy atom. The van der Waals surface area contributed by atoms with Gasteiger partial charge in [-0.15, -0.1) is 11.3 Å². The number of hydrogen-bond acceptors (Lipinski definition) is 4. The number of rotatable bonds is 4. The van der Waals surface area contributed by atoms with E-state index < -0.39 is 0 Å². The molecule has 2 heterocycles. The zero-order valence-electron chi connectivity index (χ0n) is 14.0. The van der Waals surface area contributed by atoms with Crippen LogP contribution in [-0.4, -0.2) is 18.4 Å². The van der Waals surface area contributed by atoms with Crippen LogP contribution in [0.25, 0.3) is 0 Å². The minimum absolute atomic E-state index is 0.214. The standard InChI is InChI=1S/C20H16N2O3S/c1-14-13-17(22-19(23)16-10-6-12-25-16)26-18(14)20(24)21-11-5-9-15-7-3-2-4-8-15/h2-4,6-8,10,12-13H,11H2,1H3,(H,21,24)(H,22,23). The van der Waals surface area contributed by atoms with E-state index in [9.17, 15) is 9.59 Å². The molecular weight excluding hydrogens is 348 g/mol. The van der Waals surface area contributed by atoms with Crippen molar-refractivity contribution >= 4 is 28.2 Å². The summed E-state index contributed by atoms with van der Waals surface area (Å²) < 4.78 is 5.05. The molecule has 3 rings (SSSR count). The number of thiophene rings is 1. The summed E-state index contributed by atoms with van der Waals surface area (Å²) >= 11 is 1.21. The molecule has 0 saturated heterocycles. The van der Waals surface area contributed by atoms with E-state index in [2.05, 4.69) is 22.5 Å². The molecule has 0 atom stereocenters. The molecule has 5 nitrogen and oxygen atoms in total. The number of furan rings is 1. The Bertz CT molecular complexity index is 964. The molecule has 0 saturated carbocycles. The monoisotopic (exact) mass is 364 g/mol. The number of benzene rings is 1. The molecule has 0 radical (unpaired) electrons. The van der Waals surface area contributed by atoms with Gasteiger partial charge in [-0.3, -0.25) is 9.59 Å². The number of nitrogens with one attached hydrogen (secondary N) is 2. The highest BCUT2D eigenvalue weighted by Gasteiger charge is 2.16. The zero-order chi connectivity index (χ0) is 18.4. The lowest BCUT2D eigenvalue weighted by molar-refractivity contribution is 0.0960. The number of hydrogen-bond donors (Lipinski definition) is 2. The van der Waals surface area contributed by atoms with Crippen LogP contribution in [0.4, 0.5) is 5.00 Å². The quantitative estimate of drug-likeness (QED) is 0.694. The van der Waals surface area contributed by atoms with Crippen molar-refractivity contribution in [1.29, 1.82) is 0 Å². The molecule has 1 aromatic carbocycles. The van der Waals surface area contributed by atoms with E-state index >= 15 is 0 Å². The van der Waals surface area contributed by atoms with Gasteiger partial charge in [-0.1, -0.05) is 30.0 Å². The van der Waals surface area contributed by atoms with Crippen LogP contribution >= 0.6 is 11.3 Å². The van der Waals surface area contributed by atoms with Gasteiger partial charge in [-0.05, 0) is 42.8 Å². The molecule has 6 heteroatoms. The van der Waals surface area contributed by atoms with Crippen molar-refractivity contribution in [2.75, 3.05) is 11.9 Å². The van der Waals surface area contributed by atoms with Crippen LogP contribution in [0, 0.1) is 18.8 Å². The molecule has 0 bridgehead atoms. The lowest BCUT2D eigenvalue weighted by Gasteiger charge is -2.00. The lowest BCUT2D eigenvalue weighted by atomic mass is 10.2. The smallest absolute Gasteiger partial charge is 0.291 e. The summed E-state index contributed by atoms with van der Waals surface area (Å²) in [5, 5.41) is 6.09. The molecule has 3 aromatic rings. The maximum absolute atomic E-state index is 12.3. The normalized spacial score (nSPS) is 9.88.